The average Bonchev–Trinajstić information content (AvgIpc) is 2.98. The number of hydrogen-bond acceptors (Lipinski definition) is 3. The first kappa shape index (κ1) is 11.3. The molecule has 4 heteroatoms. The van der Waals surface area contributed by atoms with Gasteiger partial charge in [-0.3, -0.25) is 14.9 Å². The van der Waals surface area contributed by atoms with E-state index in [2.05, 4.69) is 15.2 Å². The Hall–Kier alpha value is -2.75. The van der Waals surface area contributed by atoms with Crippen LogP contribution in [0.15, 0.2) is 55.0 Å². The molecule has 19 heavy (non-hydrogen) atoms. The van der Waals surface area contributed by atoms with Gasteiger partial charge in [0.05, 0.1) is 11.9 Å². The number of hydrogen-bond donors (Lipinski definition) is 1. The number of nitrogens with zero attached hydrogens (tertiary/aromatic N) is 2. The van der Waals surface area contributed by atoms with Crippen molar-refractivity contribution in [3.8, 4) is 22.4 Å². The van der Waals surface area contributed by atoms with E-state index in [9.17, 15) is 4.79 Å². The molecule has 3 aromatic rings. The van der Waals surface area contributed by atoms with Crippen LogP contribution in [-0.4, -0.2) is 21.5 Å². The number of aromatic nitrogens is 3. The number of rotatable bonds is 3. The molecule has 0 saturated heterocycles. The standard InChI is InChI=1S/C15H11N3O/c19-10-11-3-5-12(6-4-11)14-9-17-18-15(14)13-2-1-7-16-8-13/h1-10H,(H,17,18). The maximum absolute atomic E-state index is 10.7. The molecule has 92 valence electrons. The highest BCUT2D eigenvalue weighted by Crippen LogP contribution is 2.29. The third kappa shape index (κ3) is 2.15. The highest BCUT2D eigenvalue weighted by molar-refractivity contribution is 5.82. The van der Waals surface area contributed by atoms with E-state index in [-0.39, 0.29) is 0 Å². The van der Waals surface area contributed by atoms with Gasteiger partial charge in [0.25, 0.3) is 0 Å². The highest BCUT2D eigenvalue weighted by atomic mass is 16.1. The summed E-state index contributed by atoms with van der Waals surface area (Å²) < 4.78 is 0. The highest BCUT2D eigenvalue weighted by Gasteiger charge is 2.09. The predicted molar refractivity (Wildman–Crippen MR) is 72.6 cm³/mol. The van der Waals surface area contributed by atoms with Crippen molar-refractivity contribution in [3.05, 3.63) is 60.6 Å². The molecular formula is C15H11N3O. The number of carbonyl (C=O) groups excluding carboxylic acids is 1. The number of carbonyl (C=O) groups is 1. The van der Waals surface area contributed by atoms with Crippen LogP contribution in [0.25, 0.3) is 22.4 Å². The van der Waals surface area contributed by atoms with E-state index in [0.29, 0.717) is 5.56 Å². The topological polar surface area (TPSA) is 58.6 Å². The Balaban J connectivity index is 2.06. The second kappa shape index (κ2) is 4.86. The maximum atomic E-state index is 10.7. The molecule has 0 fully saturated rings. The van der Waals surface area contributed by atoms with Gasteiger partial charge in [0, 0.05) is 29.1 Å². The summed E-state index contributed by atoms with van der Waals surface area (Å²) in [5.41, 5.74) is 4.57. The number of pyridine rings is 1. The monoisotopic (exact) mass is 249 g/mol. The number of aldehydes is 1. The number of benzene rings is 1. The minimum absolute atomic E-state index is 0.662. The second-order valence-electron chi connectivity index (χ2n) is 4.14. The molecular weight excluding hydrogens is 238 g/mol. The molecule has 0 spiro atoms. The number of H-pyrrole nitrogens is 1. The van der Waals surface area contributed by atoms with Crippen LogP contribution >= 0.6 is 0 Å². The SMILES string of the molecule is O=Cc1ccc(-c2cn[nH]c2-c2cccnc2)cc1. The van der Waals surface area contributed by atoms with Gasteiger partial charge in [-0.25, -0.2) is 0 Å². The van der Waals surface area contributed by atoms with E-state index in [1.807, 2.05) is 24.3 Å². The van der Waals surface area contributed by atoms with Crippen molar-refractivity contribution in [1.82, 2.24) is 15.2 Å². The molecule has 1 N–H and O–H groups in total. The largest absolute Gasteiger partial charge is 0.298 e. The van der Waals surface area contributed by atoms with Gasteiger partial charge in [-0.1, -0.05) is 24.3 Å². The Labute approximate surface area is 110 Å². The summed E-state index contributed by atoms with van der Waals surface area (Å²) >= 11 is 0. The molecule has 0 bridgehead atoms. The number of aromatic amines is 1. The van der Waals surface area contributed by atoms with E-state index in [1.165, 1.54) is 0 Å². The quantitative estimate of drug-likeness (QED) is 0.726. The van der Waals surface area contributed by atoms with Gasteiger partial charge in [0.1, 0.15) is 6.29 Å². The summed E-state index contributed by atoms with van der Waals surface area (Å²) in [5, 5.41) is 7.08. The predicted octanol–water partition coefficient (Wildman–Crippen LogP) is 2.95. The Kier molecular flexibility index (Phi) is 2.90. The molecule has 0 aliphatic rings. The minimum atomic E-state index is 0.662. The van der Waals surface area contributed by atoms with Crippen LogP contribution in [0.2, 0.25) is 0 Å². The summed E-state index contributed by atoms with van der Waals surface area (Å²) in [4.78, 5) is 14.8. The average molecular weight is 249 g/mol. The third-order valence-corrected chi connectivity index (χ3v) is 2.95. The van der Waals surface area contributed by atoms with Gasteiger partial charge in [-0.15, -0.1) is 0 Å². The lowest BCUT2D eigenvalue weighted by Crippen LogP contribution is -1.84. The smallest absolute Gasteiger partial charge is 0.150 e. The molecule has 0 atom stereocenters. The fourth-order valence-corrected chi connectivity index (χ4v) is 1.98. The van der Waals surface area contributed by atoms with Crippen molar-refractivity contribution < 1.29 is 4.79 Å². The van der Waals surface area contributed by atoms with Gasteiger partial charge in [0.15, 0.2) is 0 Å². The van der Waals surface area contributed by atoms with E-state index in [4.69, 9.17) is 0 Å². The third-order valence-electron chi connectivity index (χ3n) is 2.95. The molecule has 0 aliphatic heterocycles. The summed E-state index contributed by atoms with van der Waals surface area (Å²) in [6.07, 6.45) is 6.13. The van der Waals surface area contributed by atoms with E-state index >= 15 is 0 Å². The molecule has 2 heterocycles. The van der Waals surface area contributed by atoms with Crippen molar-refractivity contribution in [2.24, 2.45) is 0 Å². The van der Waals surface area contributed by atoms with Crippen LogP contribution in [0, 0.1) is 0 Å². The van der Waals surface area contributed by atoms with Crippen molar-refractivity contribution >= 4 is 6.29 Å². The van der Waals surface area contributed by atoms with Crippen LogP contribution in [-0.2, 0) is 0 Å². The Morgan fingerprint density at radius 1 is 1.00 bits per heavy atom. The fourth-order valence-electron chi connectivity index (χ4n) is 1.98. The van der Waals surface area contributed by atoms with Gasteiger partial charge in [-0.05, 0) is 17.7 Å². The zero-order chi connectivity index (χ0) is 13.1. The number of nitrogens with one attached hydrogen (secondary N) is 1. The van der Waals surface area contributed by atoms with Crippen LogP contribution in [0.5, 0.6) is 0 Å². The Morgan fingerprint density at radius 2 is 1.84 bits per heavy atom. The molecule has 1 aromatic carbocycles. The second-order valence-corrected chi connectivity index (χ2v) is 4.14. The van der Waals surface area contributed by atoms with Crippen molar-refractivity contribution in [2.75, 3.05) is 0 Å². The molecule has 0 amide bonds. The van der Waals surface area contributed by atoms with Gasteiger partial charge in [0.2, 0.25) is 0 Å². The first-order valence-corrected chi connectivity index (χ1v) is 5.88. The minimum Gasteiger partial charge on any atom is -0.298 e. The fraction of sp³-hybridized carbons (Fsp3) is 0. The molecule has 0 aliphatic carbocycles. The molecule has 2 aromatic heterocycles. The van der Waals surface area contributed by atoms with Gasteiger partial charge < -0.3 is 0 Å². The lowest BCUT2D eigenvalue weighted by molar-refractivity contribution is 0.112. The van der Waals surface area contributed by atoms with Crippen LogP contribution in [0.4, 0.5) is 0 Å². The molecule has 0 unspecified atom stereocenters. The van der Waals surface area contributed by atoms with E-state index in [0.717, 1.165) is 28.7 Å². The zero-order valence-corrected chi connectivity index (χ0v) is 10.1. The molecule has 0 saturated carbocycles. The maximum Gasteiger partial charge on any atom is 0.150 e. The van der Waals surface area contributed by atoms with Crippen LogP contribution in [0.3, 0.4) is 0 Å². The Bertz CT molecular complexity index is 687. The normalized spacial score (nSPS) is 10.3. The van der Waals surface area contributed by atoms with E-state index in [1.54, 1.807) is 30.7 Å². The van der Waals surface area contributed by atoms with Crippen LogP contribution < -0.4 is 0 Å². The van der Waals surface area contributed by atoms with E-state index < -0.39 is 0 Å². The molecule has 4 nitrogen and oxygen atoms in total. The van der Waals surface area contributed by atoms with Gasteiger partial charge in [-0.2, -0.15) is 5.10 Å². The zero-order valence-electron chi connectivity index (χ0n) is 10.1. The molecule has 3 rings (SSSR count). The first-order valence-electron chi connectivity index (χ1n) is 5.88. The van der Waals surface area contributed by atoms with Crippen LogP contribution in [0.1, 0.15) is 10.4 Å². The van der Waals surface area contributed by atoms with Crippen molar-refractivity contribution in [1.29, 1.82) is 0 Å². The van der Waals surface area contributed by atoms with Gasteiger partial charge >= 0.3 is 0 Å². The summed E-state index contributed by atoms with van der Waals surface area (Å²) in [6.45, 7) is 0. The molecule has 0 radical (unpaired) electrons. The van der Waals surface area contributed by atoms with Crippen molar-refractivity contribution in [3.63, 3.8) is 0 Å². The summed E-state index contributed by atoms with van der Waals surface area (Å²) in [7, 11) is 0. The summed E-state index contributed by atoms with van der Waals surface area (Å²) in [6, 6.07) is 11.3. The first-order chi connectivity index (χ1) is 9.38. The summed E-state index contributed by atoms with van der Waals surface area (Å²) in [5.74, 6) is 0. The lowest BCUT2D eigenvalue weighted by atomic mass is 10.0. The Morgan fingerprint density at radius 3 is 2.53 bits per heavy atom. The lowest BCUT2D eigenvalue weighted by Gasteiger charge is -2.03. The van der Waals surface area contributed by atoms with Crippen molar-refractivity contribution in [2.45, 2.75) is 0 Å².